The lowest BCUT2D eigenvalue weighted by Gasteiger charge is -2.11. The van der Waals surface area contributed by atoms with Crippen molar-refractivity contribution in [3.05, 3.63) is 66.3 Å². The van der Waals surface area contributed by atoms with Crippen molar-refractivity contribution < 1.29 is 32.5 Å². The number of amides is 1. The van der Waals surface area contributed by atoms with Gasteiger partial charge in [0.05, 0.1) is 14.2 Å². The summed E-state index contributed by atoms with van der Waals surface area (Å²) >= 11 is 0. The van der Waals surface area contributed by atoms with Gasteiger partial charge in [-0.1, -0.05) is 24.8 Å². The van der Waals surface area contributed by atoms with Crippen LogP contribution in [-0.2, 0) is 11.2 Å². The van der Waals surface area contributed by atoms with Crippen LogP contribution in [0.3, 0.4) is 0 Å². The molecule has 2 aromatic rings. The highest BCUT2D eigenvalue weighted by Gasteiger charge is 2.11. The maximum atomic E-state index is 12.4. The normalized spacial score (nSPS) is 10.7. The van der Waals surface area contributed by atoms with Crippen molar-refractivity contribution in [2.45, 2.75) is 13.0 Å². The van der Waals surface area contributed by atoms with Gasteiger partial charge >= 0.3 is 6.61 Å². The molecule has 0 aromatic heterocycles. The fourth-order valence-electron chi connectivity index (χ4n) is 2.68. The Balaban J connectivity index is 1.89. The van der Waals surface area contributed by atoms with E-state index in [0.717, 1.165) is 11.1 Å². The monoisotopic (exact) mass is 433 g/mol. The van der Waals surface area contributed by atoms with Crippen LogP contribution in [0.25, 0.3) is 6.08 Å². The predicted molar refractivity (Wildman–Crippen MR) is 114 cm³/mol. The molecule has 0 aliphatic heterocycles. The molecule has 166 valence electrons. The fourth-order valence-corrected chi connectivity index (χ4v) is 2.68. The topological polar surface area (TPSA) is 66.0 Å². The van der Waals surface area contributed by atoms with E-state index < -0.39 is 6.61 Å². The molecule has 6 nitrogen and oxygen atoms in total. The summed E-state index contributed by atoms with van der Waals surface area (Å²) in [4.78, 5) is 12.1. The van der Waals surface area contributed by atoms with E-state index in [4.69, 9.17) is 14.2 Å². The van der Waals surface area contributed by atoms with Gasteiger partial charge in [-0.15, -0.1) is 0 Å². The summed E-state index contributed by atoms with van der Waals surface area (Å²) in [6, 6.07) is 9.98. The van der Waals surface area contributed by atoms with E-state index in [1.165, 1.54) is 26.4 Å². The number of alkyl halides is 2. The smallest absolute Gasteiger partial charge is 0.387 e. The van der Waals surface area contributed by atoms with Gasteiger partial charge in [-0.05, 0) is 47.9 Å². The first-order chi connectivity index (χ1) is 15.0. The lowest BCUT2D eigenvalue weighted by atomic mass is 10.1. The molecular formula is C23H25F2NO5. The van der Waals surface area contributed by atoms with E-state index in [0.29, 0.717) is 31.1 Å². The van der Waals surface area contributed by atoms with Gasteiger partial charge in [0, 0.05) is 12.6 Å². The van der Waals surface area contributed by atoms with Gasteiger partial charge in [-0.25, -0.2) is 0 Å². The molecule has 0 spiro atoms. The van der Waals surface area contributed by atoms with Gasteiger partial charge in [0.15, 0.2) is 23.0 Å². The zero-order chi connectivity index (χ0) is 22.6. The predicted octanol–water partition coefficient (Wildman–Crippen LogP) is 4.24. The second-order valence-corrected chi connectivity index (χ2v) is 6.25. The molecule has 8 heteroatoms. The summed E-state index contributed by atoms with van der Waals surface area (Å²) < 4.78 is 45.0. The average molecular weight is 433 g/mol. The zero-order valence-corrected chi connectivity index (χ0v) is 17.4. The molecule has 0 aliphatic carbocycles. The largest absolute Gasteiger partial charge is 0.493 e. The summed E-state index contributed by atoms with van der Waals surface area (Å²) in [6.45, 7) is 1.40. The number of nitrogens with one attached hydrogen (secondary N) is 1. The quantitative estimate of drug-likeness (QED) is 0.401. The summed E-state index contributed by atoms with van der Waals surface area (Å²) in [5.41, 5.74) is 1.58. The molecule has 0 saturated carbocycles. The second-order valence-electron chi connectivity index (χ2n) is 6.25. The van der Waals surface area contributed by atoms with Crippen LogP contribution in [-0.4, -0.2) is 39.9 Å². The summed E-state index contributed by atoms with van der Waals surface area (Å²) in [7, 11) is 2.91. The number of benzene rings is 2. The van der Waals surface area contributed by atoms with Crippen molar-refractivity contribution >= 4 is 12.0 Å². The van der Waals surface area contributed by atoms with Crippen LogP contribution in [0.4, 0.5) is 8.78 Å². The minimum absolute atomic E-state index is 0.0374. The maximum absolute atomic E-state index is 12.4. The van der Waals surface area contributed by atoms with Gasteiger partial charge in [-0.3, -0.25) is 4.79 Å². The van der Waals surface area contributed by atoms with Crippen molar-refractivity contribution in [2.75, 3.05) is 27.4 Å². The van der Waals surface area contributed by atoms with Crippen molar-refractivity contribution in [3.63, 3.8) is 0 Å². The Kier molecular flexibility index (Phi) is 9.35. The first-order valence-electron chi connectivity index (χ1n) is 9.46. The van der Waals surface area contributed by atoms with Crippen LogP contribution < -0.4 is 24.3 Å². The molecule has 2 aromatic carbocycles. The fraction of sp³-hybridized carbons (Fsp3) is 0.261. The molecule has 2 rings (SSSR count). The molecule has 0 heterocycles. The number of carbonyl (C=O) groups is 1. The van der Waals surface area contributed by atoms with Crippen LogP contribution in [0, 0.1) is 0 Å². The molecule has 0 unspecified atom stereocenters. The van der Waals surface area contributed by atoms with Crippen molar-refractivity contribution in [3.8, 4) is 23.0 Å². The molecule has 0 atom stereocenters. The van der Waals surface area contributed by atoms with Crippen LogP contribution in [0.15, 0.2) is 55.1 Å². The van der Waals surface area contributed by atoms with E-state index in [9.17, 15) is 13.6 Å². The van der Waals surface area contributed by atoms with E-state index in [1.54, 1.807) is 42.5 Å². The number of halogens is 2. The summed E-state index contributed by atoms with van der Waals surface area (Å²) in [6.07, 6.45) is 5.21. The number of hydrogen-bond donors (Lipinski definition) is 1. The number of methoxy groups -OCH3 is 2. The minimum atomic E-state index is -2.93. The van der Waals surface area contributed by atoms with Gasteiger partial charge in [0.25, 0.3) is 0 Å². The first-order valence-corrected chi connectivity index (χ1v) is 9.46. The maximum Gasteiger partial charge on any atom is 0.387 e. The van der Waals surface area contributed by atoms with E-state index in [-0.39, 0.29) is 17.4 Å². The average Bonchev–Trinajstić information content (AvgIpc) is 2.77. The van der Waals surface area contributed by atoms with Crippen LogP contribution in [0.1, 0.15) is 11.1 Å². The number of rotatable bonds is 12. The van der Waals surface area contributed by atoms with Crippen LogP contribution >= 0.6 is 0 Å². The molecule has 0 saturated heterocycles. The number of hydrogen-bond acceptors (Lipinski definition) is 5. The van der Waals surface area contributed by atoms with Crippen molar-refractivity contribution in [1.29, 1.82) is 0 Å². The van der Waals surface area contributed by atoms with Gasteiger partial charge < -0.3 is 24.3 Å². The highest BCUT2D eigenvalue weighted by Crippen LogP contribution is 2.30. The third kappa shape index (κ3) is 7.65. The lowest BCUT2D eigenvalue weighted by Crippen LogP contribution is -2.23. The van der Waals surface area contributed by atoms with Crippen molar-refractivity contribution in [2.24, 2.45) is 0 Å². The third-order valence-electron chi connectivity index (χ3n) is 4.13. The number of ether oxygens (including phenoxy) is 4. The molecular weight excluding hydrogens is 408 g/mol. The third-order valence-corrected chi connectivity index (χ3v) is 4.13. The summed E-state index contributed by atoms with van der Waals surface area (Å²) in [5.74, 6) is 1.04. The Labute approximate surface area is 180 Å². The van der Waals surface area contributed by atoms with Gasteiger partial charge in [-0.2, -0.15) is 8.78 Å². The SMILES string of the molecule is C=CCOc1ccc(/C=C/C(=O)NCCc2ccc(OC(F)F)c(OC)c2)cc1OC. The Hall–Kier alpha value is -3.55. The second kappa shape index (κ2) is 12.2. The standard InChI is InChI=1S/C23H25F2NO5/c1-4-13-30-18-8-5-16(14-20(18)28-2)7-10-22(27)26-12-11-17-6-9-19(31-23(24)25)21(15-17)29-3/h4-10,14-15,23H,1,11-13H2,2-3H3,(H,26,27)/b10-7+. The van der Waals surface area contributed by atoms with Crippen LogP contribution in [0.2, 0.25) is 0 Å². The summed E-state index contributed by atoms with van der Waals surface area (Å²) in [5, 5.41) is 2.77. The Morgan fingerprint density at radius 3 is 2.45 bits per heavy atom. The van der Waals surface area contributed by atoms with Crippen LogP contribution in [0.5, 0.6) is 23.0 Å². The van der Waals surface area contributed by atoms with E-state index >= 15 is 0 Å². The molecule has 0 aliphatic rings. The highest BCUT2D eigenvalue weighted by atomic mass is 19.3. The highest BCUT2D eigenvalue weighted by molar-refractivity contribution is 5.91. The number of carbonyl (C=O) groups excluding carboxylic acids is 1. The molecule has 1 N–H and O–H groups in total. The minimum Gasteiger partial charge on any atom is -0.493 e. The van der Waals surface area contributed by atoms with Gasteiger partial charge in [0.2, 0.25) is 5.91 Å². The lowest BCUT2D eigenvalue weighted by molar-refractivity contribution is -0.116. The first kappa shape index (κ1) is 23.7. The molecule has 0 bridgehead atoms. The van der Waals surface area contributed by atoms with E-state index in [1.807, 2.05) is 0 Å². The van der Waals surface area contributed by atoms with Crippen molar-refractivity contribution in [1.82, 2.24) is 5.32 Å². The molecule has 1 amide bonds. The Bertz CT molecular complexity index is 915. The Morgan fingerprint density at radius 2 is 1.77 bits per heavy atom. The molecule has 31 heavy (non-hydrogen) atoms. The van der Waals surface area contributed by atoms with Gasteiger partial charge in [0.1, 0.15) is 6.61 Å². The van der Waals surface area contributed by atoms with E-state index in [2.05, 4.69) is 16.6 Å². The zero-order valence-electron chi connectivity index (χ0n) is 17.4. The molecule has 0 fully saturated rings. The molecule has 0 radical (unpaired) electrons. The Morgan fingerprint density at radius 1 is 1.06 bits per heavy atom.